The van der Waals surface area contributed by atoms with Crippen molar-refractivity contribution in [3.8, 4) is 0 Å². The molecular weight excluding hydrogens is 164 g/mol. The van der Waals surface area contributed by atoms with Gasteiger partial charge in [0.05, 0.1) is 12.0 Å². The maximum Gasteiger partial charge on any atom is 0.181 e. The van der Waals surface area contributed by atoms with Crippen LogP contribution in [0.3, 0.4) is 0 Å². The van der Waals surface area contributed by atoms with Crippen LogP contribution in [0.4, 0.5) is 0 Å². The molecule has 0 radical (unpaired) electrons. The molecule has 0 bridgehead atoms. The Kier molecular flexibility index (Phi) is 1.76. The van der Waals surface area contributed by atoms with Gasteiger partial charge in [0.15, 0.2) is 5.65 Å². The minimum Gasteiger partial charge on any atom is -0.331 e. The molecule has 0 aliphatic heterocycles. The largest absolute Gasteiger partial charge is 0.331 e. The van der Waals surface area contributed by atoms with Gasteiger partial charge >= 0.3 is 0 Å². The lowest BCUT2D eigenvalue weighted by Gasteiger charge is -2.05. The normalized spacial score (nSPS) is 11.4. The number of aryl methyl sites for hydroxylation is 1. The van der Waals surface area contributed by atoms with E-state index in [2.05, 4.69) is 28.8 Å². The fourth-order valence-electron chi connectivity index (χ4n) is 1.44. The number of nitrogens with zero attached hydrogens (tertiary/aromatic N) is 4. The topological polar surface area (TPSA) is 43.6 Å². The molecule has 2 heterocycles. The first-order valence-electron chi connectivity index (χ1n) is 4.32. The predicted molar refractivity (Wildman–Crippen MR) is 50.4 cm³/mol. The zero-order valence-corrected chi connectivity index (χ0v) is 8.02. The zero-order valence-electron chi connectivity index (χ0n) is 8.02. The van der Waals surface area contributed by atoms with Gasteiger partial charge in [0, 0.05) is 7.05 Å². The Morgan fingerprint density at radius 3 is 2.69 bits per heavy atom. The highest BCUT2D eigenvalue weighted by Gasteiger charge is 2.10. The number of aromatic nitrogens is 4. The maximum atomic E-state index is 4.27. The van der Waals surface area contributed by atoms with Gasteiger partial charge in [0.1, 0.15) is 11.8 Å². The third-order valence-corrected chi connectivity index (χ3v) is 2.08. The van der Waals surface area contributed by atoms with Gasteiger partial charge in [-0.25, -0.2) is 15.0 Å². The van der Waals surface area contributed by atoms with Crippen molar-refractivity contribution < 1.29 is 0 Å². The molecule has 0 amide bonds. The van der Waals surface area contributed by atoms with Crippen molar-refractivity contribution in [2.24, 2.45) is 7.05 Å². The van der Waals surface area contributed by atoms with Gasteiger partial charge in [0.2, 0.25) is 0 Å². The fourth-order valence-corrected chi connectivity index (χ4v) is 1.44. The first kappa shape index (κ1) is 8.16. The molecule has 0 aliphatic rings. The molecule has 2 aromatic rings. The summed E-state index contributed by atoms with van der Waals surface area (Å²) in [7, 11) is 1.96. The SMILES string of the molecule is CC(C)c1ncnc2ncn(C)c12. The van der Waals surface area contributed by atoms with Crippen molar-refractivity contribution in [1.82, 2.24) is 19.5 Å². The van der Waals surface area contributed by atoms with Crippen LogP contribution < -0.4 is 0 Å². The minimum absolute atomic E-state index is 0.404. The van der Waals surface area contributed by atoms with E-state index < -0.39 is 0 Å². The Bertz CT molecular complexity index is 430. The molecule has 0 saturated heterocycles. The molecule has 0 unspecified atom stereocenters. The molecule has 0 N–H and O–H groups in total. The fraction of sp³-hybridized carbons (Fsp3) is 0.444. The lowest BCUT2D eigenvalue weighted by Crippen LogP contribution is -1.98. The van der Waals surface area contributed by atoms with E-state index in [9.17, 15) is 0 Å². The van der Waals surface area contributed by atoms with E-state index in [4.69, 9.17) is 0 Å². The van der Waals surface area contributed by atoms with Crippen molar-refractivity contribution in [3.63, 3.8) is 0 Å². The molecule has 0 saturated carbocycles. The van der Waals surface area contributed by atoms with Gasteiger partial charge in [0.25, 0.3) is 0 Å². The van der Waals surface area contributed by atoms with Gasteiger partial charge in [-0.2, -0.15) is 0 Å². The van der Waals surface area contributed by atoms with E-state index >= 15 is 0 Å². The van der Waals surface area contributed by atoms with Gasteiger partial charge in [-0.1, -0.05) is 13.8 Å². The molecule has 0 atom stereocenters. The van der Waals surface area contributed by atoms with Crippen molar-refractivity contribution in [2.45, 2.75) is 19.8 Å². The summed E-state index contributed by atoms with van der Waals surface area (Å²) in [6.07, 6.45) is 3.34. The van der Waals surface area contributed by atoms with Crippen molar-refractivity contribution in [2.75, 3.05) is 0 Å². The summed E-state index contributed by atoms with van der Waals surface area (Å²) in [5, 5.41) is 0. The summed E-state index contributed by atoms with van der Waals surface area (Å²) < 4.78 is 1.96. The molecule has 0 fully saturated rings. The third kappa shape index (κ3) is 1.18. The highest BCUT2D eigenvalue weighted by molar-refractivity contribution is 5.73. The average molecular weight is 176 g/mol. The van der Waals surface area contributed by atoms with Crippen molar-refractivity contribution in [3.05, 3.63) is 18.3 Å². The highest BCUT2D eigenvalue weighted by atomic mass is 15.1. The number of imidazole rings is 1. The molecule has 4 nitrogen and oxygen atoms in total. The van der Waals surface area contributed by atoms with Crippen LogP contribution in [-0.4, -0.2) is 19.5 Å². The number of fused-ring (bicyclic) bond motifs is 1. The zero-order chi connectivity index (χ0) is 9.42. The number of hydrogen-bond donors (Lipinski definition) is 0. The molecule has 0 spiro atoms. The second kappa shape index (κ2) is 2.80. The van der Waals surface area contributed by atoms with Crippen LogP contribution in [-0.2, 0) is 7.05 Å². The summed E-state index contributed by atoms with van der Waals surface area (Å²) in [6.45, 7) is 4.24. The van der Waals surface area contributed by atoms with E-state index in [1.165, 1.54) is 0 Å². The number of hydrogen-bond acceptors (Lipinski definition) is 3. The molecule has 0 aromatic carbocycles. The van der Waals surface area contributed by atoms with Crippen LogP contribution in [0.5, 0.6) is 0 Å². The lowest BCUT2D eigenvalue weighted by molar-refractivity contribution is 0.811. The molecule has 2 aromatic heterocycles. The Hall–Kier alpha value is -1.45. The van der Waals surface area contributed by atoms with E-state index in [1.807, 2.05) is 11.6 Å². The number of rotatable bonds is 1. The van der Waals surface area contributed by atoms with Gasteiger partial charge < -0.3 is 4.57 Å². The van der Waals surface area contributed by atoms with E-state index in [0.717, 1.165) is 16.9 Å². The summed E-state index contributed by atoms with van der Waals surface area (Å²) in [4.78, 5) is 12.5. The first-order valence-corrected chi connectivity index (χ1v) is 4.32. The van der Waals surface area contributed by atoms with Gasteiger partial charge in [-0.05, 0) is 5.92 Å². The van der Waals surface area contributed by atoms with Crippen molar-refractivity contribution in [1.29, 1.82) is 0 Å². The average Bonchev–Trinajstić information content (AvgIpc) is 2.48. The summed E-state index contributed by atoms with van der Waals surface area (Å²) in [5.41, 5.74) is 2.88. The summed E-state index contributed by atoms with van der Waals surface area (Å²) >= 11 is 0. The standard InChI is InChI=1S/C9H12N4/c1-6(2)7-8-9(11-4-10-7)12-5-13(8)3/h4-6H,1-3H3. The Labute approximate surface area is 76.7 Å². The highest BCUT2D eigenvalue weighted by Crippen LogP contribution is 2.19. The monoisotopic (exact) mass is 176 g/mol. The third-order valence-electron chi connectivity index (χ3n) is 2.08. The molecule has 68 valence electrons. The summed E-state index contributed by atoms with van der Waals surface area (Å²) in [5.74, 6) is 0.404. The van der Waals surface area contributed by atoms with Crippen LogP contribution in [0.1, 0.15) is 25.5 Å². The van der Waals surface area contributed by atoms with Crippen LogP contribution in [0.15, 0.2) is 12.7 Å². The second-order valence-electron chi connectivity index (χ2n) is 3.44. The quantitative estimate of drug-likeness (QED) is 0.661. The molecular formula is C9H12N4. The van der Waals surface area contributed by atoms with Gasteiger partial charge in [-0.3, -0.25) is 0 Å². The van der Waals surface area contributed by atoms with Crippen LogP contribution in [0, 0.1) is 0 Å². The molecule has 0 aliphatic carbocycles. The van der Waals surface area contributed by atoms with Crippen LogP contribution in [0.2, 0.25) is 0 Å². The Morgan fingerprint density at radius 1 is 1.23 bits per heavy atom. The molecule has 2 rings (SSSR count). The van der Waals surface area contributed by atoms with Gasteiger partial charge in [-0.15, -0.1) is 0 Å². The molecule has 4 heteroatoms. The van der Waals surface area contributed by atoms with Crippen LogP contribution >= 0.6 is 0 Å². The Morgan fingerprint density at radius 2 is 2.00 bits per heavy atom. The van der Waals surface area contributed by atoms with E-state index in [-0.39, 0.29) is 0 Å². The second-order valence-corrected chi connectivity index (χ2v) is 3.44. The maximum absolute atomic E-state index is 4.27. The van der Waals surface area contributed by atoms with Crippen molar-refractivity contribution >= 4 is 11.2 Å². The lowest BCUT2D eigenvalue weighted by atomic mass is 10.1. The summed E-state index contributed by atoms with van der Waals surface area (Å²) in [6, 6.07) is 0. The first-order chi connectivity index (χ1) is 6.20. The van der Waals surface area contributed by atoms with E-state index in [0.29, 0.717) is 5.92 Å². The molecule has 13 heavy (non-hydrogen) atoms. The predicted octanol–water partition coefficient (Wildman–Crippen LogP) is 1.49. The Balaban J connectivity index is 2.80. The smallest absolute Gasteiger partial charge is 0.181 e. The van der Waals surface area contributed by atoms with Crippen LogP contribution in [0.25, 0.3) is 11.2 Å². The minimum atomic E-state index is 0.404. The van der Waals surface area contributed by atoms with E-state index in [1.54, 1.807) is 12.7 Å².